The lowest BCUT2D eigenvalue weighted by Crippen LogP contribution is -2.32. The third kappa shape index (κ3) is 3.08. The number of aromatic nitrogens is 2. The molecule has 0 radical (unpaired) electrons. The van der Waals surface area contributed by atoms with Gasteiger partial charge in [0.05, 0.1) is 7.11 Å². The first kappa shape index (κ1) is 12.1. The van der Waals surface area contributed by atoms with E-state index in [1.165, 1.54) is 32.1 Å². The molecular weight excluding hydrogens is 214 g/mol. The molecule has 2 rings (SSSR count). The number of hydrogen-bond acceptors (Lipinski definition) is 4. The Morgan fingerprint density at radius 1 is 1.35 bits per heavy atom. The summed E-state index contributed by atoms with van der Waals surface area (Å²) in [7, 11) is 1.63. The molecule has 17 heavy (non-hydrogen) atoms. The number of hydrogen-bond donors (Lipinski definition) is 1. The molecule has 1 fully saturated rings. The van der Waals surface area contributed by atoms with Crippen molar-refractivity contribution >= 4 is 5.82 Å². The first-order chi connectivity index (χ1) is 8.33. The van der Waals surface area contributed by atoms with Crippen LogP contribution < -0.4 is 10.1 Å². The zero-order chi connectivity index (χ0) is 12.1. The van der Waals surface area contributed by atoms with Gasteiger partial charge in [-0.05, 0) is 18.8 Å². The van der Waals surface area contributed by atoms with Crippen LogP contribution in [-0.4, -0.2) is 23.1 Å². The SMILES string of the molecule is CCC1CCCCC1Nc1cc(OC)ncn1. The third-order valence-electron chi connectivity index (χ3n) is 3.62. The smallest absolute Gasteiger partial charge is 0.218 e. The molecule has 0 aromatic carbocycles. The normalized spacial score (nSPS) is 24.4. The minimum atomic E-state index is 0.549. The number of rotatable bonds is 4. The fraction of sp³-hybridized carbons (Fsp3) is 0.692. The Balaban J connectivity index is 2.02. The summed E-state index contributed by atoms with van der Waals surface area (Å²) >= 11 is 0. The van der Waals surface area contributed by atoms with Gasteiger partial charge in [0.1, 0.15) is 12.1 Å². The predicted molar refractivity (Wildman–Crippen MR) is 68.2 cm³/mol. The van der Waals surface area contributed by atoms with Crippen LogP contribution in [0.3, 0.4) is 0 Å². The summed E-state index contributed by atoms with van der Waals surface area (Å²) < 4.78 is 5.11. The maximum Gasteiger partial charge on any atom is 0.218 e. The highest BCUT2D eigenvalue weighted by Crippen LogP contribution is 2.29. The molecule has 1 N–H and O–H groups in total. The second-order valence-electron chi connectivity index (χ2n) is 4.65. The van der Waals surface area contributed by atoms with E-state index in [0.29, 0.717) is 11.9 Å². The van der Waals surface area contributed by atoms with Crippen molar-refractivity contribution in [2.45, 2.75) is 45.1 Å². The minimum Gasteiger partial charge on any atom is -0.481 e. The van der Waals surface area contributed by atoms with Crippen molar-refractivity contribution in [3.63, 3.8) is 0 Å². The molecule has 1 heterocycles. The van der Waals surface area contributed by atoms with Crippen LogP contribution in [0.1, 0.15) is 39.0 Å². The van der Waals surface area contributed by atoms with Gasteiger partial charge in [0.25, 0.3) is 0 Å². The summed E-state index contributed by atoms with van der Waals surface area (Å²) in [6.07, 6.45) is 8.03. The topological polar surface area (TPSA) is 47.0 Å². The molecule has 4 nitrogen and oxygen atoms in total. The van der Waals surface area contributed by atoms with Gasteiger partial charge in [0.15, 0.2) is 0 Å². The lowest BCUT2D eigenvalue weighted by atomic mass is 9.83. The number of anilines is 1. The van der Waals surface area contributed by atoms with Crippen LogP contribution in [0.4, 0.5) is 5.82 Å². The van der Waals surface area contributed by atoms with E-state index >= 15 is 0 Å². The van der Waals surface area contributed by atoms with Crippen LogP contribution in [0.15, 0.2) is 12.4 Å². The Morgan fingerprint density at radius 3 is 2.94 bits per heavy atom. The molecule has 2 unspecified atom stereocenters. The Bertz CT molecular complexity index is 356. The van der Waals surface area contributed by atoms with E-state index in [4.69, 9.17) is 4.74 Å². The Hall–Kier alpha value is -1.32. The average molecular weight is 235 g/mol. The van der Waals surface area contributed by atoms with Gasteiger partial charge in [-0.3, -0.25) is 0 Å². The number of ether oxygens (including phenoxy) is 1. The fourth-order valence-corrected chi connectivity index (χ4v) is 2.61. The van der Waals surface area contributed by atoms with Crippen LogP contribution in [0.5, 0.6) is 5.88 Å². The minimum absolute atomic E-state index is 0.549. The summed E-state index contributed by atoms with van der Waals surface area (Å²) in [5.41, 5.74) is 0. The second-order valence-corrected chi connectivity index (χ2v) is 4.65. The lowest BCUT2D eigenvalue weighted by molar-refractivity contribution is 0.316. The van der Waals surface area contributed by atoms with Gasteiger partial charge >= 0.3 is 0 Å². The van der Waals surface area contributed by atoms with Crippen molar-refractivity contribution in [1.82, 2.24) is 9.97 Å². The number of nitrogens with zero attached hydrogens (tertiary/aromatic N) is 2. The van der Waals surface area contributed by atoms with Gasteiger partial charge in [-0.15, -0.1) is 0 Å². The third-order valence-corrected chi connectivity index (χ3v) is 3.62. The van der Waals surface area contributed by atoms with Gasteiger partial charge in [-0.1, -0.05) is 26.2 Å². The number of nitrogens with one attached hydrogen (secondary N) is 1. The molecule has 1 aliphatic rings. The second kappa shape index (κ2) is 5.84. The molecule has 1 aromatic rings. The van der Waals surface area contributed by atoms with Crippen molar-refractivity contribution < 1.29 is 4.74 Å². The monoisotopic (exact) mass is 235 g/mol. The highest BCUT2D eigenvalue weighted by molar-refractivity contribution is 5.38. The molecule has 1 aromatic heterocycles. The summed E-state index contributed by atoms with van der Waals surface area (Å²) in [5, 5.41) is 3.53. The molecule has 1 saturated carbocycles. The van der Waals surface area contributed by atoms with Gasteiger partial charge in [-0.2, -0.15) is 0 Å². The fourth-order valence-electron chi connectivity index (χ4n) is 2.61. The van der Waals surface area contributed by atoms with E-state index in [-0.39, 0.29) is 0 Å². The summed E-state index contributed by atoms with van der Waals surface area (Å²) in [6, 6.07) is 2.41. The average Bonchev–Trinajstić information content (AvgIpc) is 2.39. The molecule has 94 valence electrons. The molecule has 1 aliphatic carbocycles. The maximum atomic E-state index is 5.11. The van der Waals surface area contributed by atoms with Crippen molar-refractivity contribution in [3.05, 3.63) is 12.4 Å². The largest absolute Gasteiger partial charge is 0.481 e. The molecule has 0 amide bonds. The van der Waals surface area contributed by atoms with E-state index in [2.05, 4.69) is 22.2 Å². The zero-order valence-corrected chi connectivity index (χ0v) is 10.6. The molecule has 4 heteroatoms. The van der Waals surface area contributed by atoms with Crippen molar-refractivity contribution in [1.29, 1.82) is 0 Å². The van der Waals surface area contributed by atoms with Crippen molar-refractivity contribution in [2.24, 2.45) is 5.92 Å². The van der Waals surface area contributed by atoms with Crippen molar-refractivity contribution in [2.75, 3.05) is 12.4 Å². The Morgan fingerprint density at radius 2 is 2.18 bits per heavy atom. The lowest BCUT2D eigenvalue weighted by Gasteiger charge is -2.31. The molecular formula is C13H21N3O. The van der Waals surface area contributed by atoms with Crippen LogP contribution in [-0.2, 0) is 0 Å². The predicted octanol–water partition coefficient (Wildman–Crippen LogP) is 2.87. The number of methoxy groups -OCH3 is 1. The maximum absolute atomic E-state index is 5.11. The van der Waals surface area contributed by atoms with E-state index in [0.717, 1.165) is 11.7 Å². The van der Waals surface area contributed by atoms with Crippen LogP contribution in [0.2, 0.25) is 0 Å². The highest BCUT2D eigenvalue weighted by Gasteiger charge is 2.23. The van der Waals surface area contributed by atoms with Crippen LogP contribution in [0, 0.1) is 5.92 Å². The van der Waals surface area contributed by atoms with E-state index < -0.39 is 0 Å². The van der Waals surface area contributed by atoms with E-state index in [1.807, 2.05) is 6.07 Å². The van der Waals surface area contributed by atoms with E-state index in [1.54, 1.807) is 13.4 Å². The summed E-state index contributed by atoms with van der Waals surface area (Å²) in [4.78, 5) is 8.26. The van der Waals surface area contributed by atoms with Gasteiger partial charge in [0, 0.05) is 12.1 Å². The molecule has 0 bridgehead atoms. The molecule has 0 spiro atoms. The standard InChI is InChI=1S/C13H21N3O/c1-3-10-6-4-5-7-11(10)16-12-8-13(17-2)15-9-14-12/h8-11H,3-7H2,1-2H3,(H,14,15,16). The first-order valence-electron chi connectivity index (χ1n) is 6.46. The first-order valence-corrected chi connectivity index (χ1v) is 6.46. The molecule has 0 saturated heterocycles. The molecule has 0 aliphatic heterocycles. The summed E-state index contributed by atoms with van der Waals surface area (Å²) in [6.45, 7) is 2.27. The quantitative estimate of drug-likeness (QED) is 0.871. The summed E-state index contributed by atoms with van der Waals surface area (Å²) in [5.74, 6) is 2.26. The van der Waals surface area contributed by atoms with Crippen LogP contribution in [0.25, 0.3) is 0 Å². The van der Waals surface area contributed by atoms with Crippen LogP contribution >= 0.6 is 0 Å². The van der Waals surface area contributed by atoms with Crippen molar-refractivity contribution in [3.8, 4) is 5.88 Å². The highest BCUT2D eigenvalue weighted by atomic mass is 16.5. The van der Waals surface area contributed by atoms with Gasteiger partial charge in [-0.25, -0.2) is 9.97 Å². The Labute approximate surface area is 103 Å². The van der Waals surface area contributed by atoms with Gasteiger partial charge < -0.3 is 10.1 Å². The van der Waals surface area contributed by atoms with E-state index in [9.17, 15) is 0 Å². The molecule has 2 atom stereocenters. The Kier molecular flexibility index (Phi) is 4.18. The zero-order valence-electron chi connectivity index (χ0n) is 10.6. The van der Waals surface area contributed by atoms with Gasteiger partial charge in [0.2, 0.25) is 5.88 Å².